The van der Waals surface area contributed by atoms with E-state index < -0.39 is 0 Å². The molecule has 0 spiro atoms. The first-order valence-electron chi connectivity index (χ1n) is 6.55. The van der Waals surface area contributed by atoms with E-state index in [4.69, 9.17) is 0 Å². The molecule has 4 nitrogen and oxygen atoms in total. The van der Waals surface area contributed by atoms with Crippen LogP contribution in [0.4, 0.5) is 5.69 Å². The monoisotopic (exact) mass is 472 g/mol. The van der Waals surface area contributed by atoms with Crippen molar-refractivity contribution in [3.63, 3.8) is 0 Å². The molecule has 2 aromatic carbocycles. The fourth-order valence-electron chi connectivity index (χ4n) is 1.83. The number of halogens is 2. The van der Waals surface area contributed by atoms with Crippen LogP contribution in [0.1, 0.15) is 15.9 Å². The number of hydrogen-bond donors (Lipinski definition) is 2. The Morgan fingerprint density at radius 1 is 1.14 bits per heavy atom. The van der Waals surface area contributed by atoms with Gasteiger partial charge in [-0.2, -0.15) is 0 Å². The summed E-state index contributed by atoms with van der Waals surface area (Å²) in [4.78, 5) is 23.8. The van der Waals surface area contributed by atoms with Gasteiger partial charge in [0.2, 0.25) is 5.91 Å². The Kier molecular flexibility index (Phi) is 5.96. The second-order valence-electron chi connectivity index (χ2n) is 4.70. The third kappa shape index (κ3) is 4.81. The topological polar surface area (TPSA) is 58.2 Å². The lowest BCUT2D eigenvalue weighted by Crippen LogP contribution is -2.32. The standard InChI is InChI=1S/C16H14BrIN2O2/c1-10-8-12(17)4-7-14(10)20-15(21)9-19-16(22)11-2-5-13(18)6-3-11/h2-8H,9H2,1H3,(H,19,22)(H,20,21). The predicted octanol–water partition coefficient (Wildman–Crippen LogP) is 3.73. The highest BCUT2D eigenvalue weighted by Gasteiger charge is 2.09. The molecule has 0 bridgehead atoms. The predicted molar refractivity (Wildman–Crippen MR) is 99.0 cm³/mol. The van der Waals surface area contributed by atoms with E-state index in [2.05, 4.69) is 49.2 Å². The highest BCUT2D eigenvalue weighted by molar-refractivity contribution is 14.1. The van der Waals surface area contributed by atoms with Gasteiger partial charge >= 0.3 is 0 Å². The molecular weight excluding hydrogens is 459 g/mol. The molecule has 2 aromatic rings. The summed E-state index contributed by atoms with van der Waals surface area (Å²) in [5.41, 5.74) is 2.22. The van der Waals surface area contributed by atoms with Gasteiger partial charge in [0.05, 0.1) is 6.54 Å². The molecule has 114 valence electrons. The highest BCUT2D eigenvalue weighted by Crippen LogP contribution is 2.19. The molecule has 0 radical (unpaired) electrons. The van der Waals surface area contributed by atoms with E-state index in [0.29, 0.717) is 5.56 Å². The first-order chi connectivity index (χ1) is 10.5. The Balaban J connectivity index is 1.89. The van der Waals surface area contributed by atoms with Crippen LogP contribution in [-0.2, 0) is 4.79 Å². The number of hydrogen-bond acceptors (Lipinski definition) is 2. The van der Waals surface area contributed by atoms with Crippen molar-refractivity contribution in [1.29, 1.82) is 0 Å². The molecule has 0 unspecified atom stereocenters. The lowest BCUT2D eigenvalue weighted by atomic mass is 10.2. The highest BCUT2D eigenvalue weighted by atomic mass is 127. The summed E-state index contributed by atoms with van der Waals surface area (Å²) in [7, 11) is 0. The van der Waals surface area contributed by atoms with Crippen LogP contribution >= 0.6 is 38.5 Å². The fraction of sp³-hybridized carbons (Fsp3) is 0.125. The average molecular weight is 473 g/mol. The van der Waals surface area contributed by atoms with Crippen molar-refractivity contribution >= 4 is 56.0 Å². The van der Waals surface area contributed by atoms with Gasteiger partial charge in [-0.25, -0.2) is 0 Å². The molecule has 0 aliphatic heterocycles. The second-order valence-corrected chi connectivity index (χ2v) is 6.86. The molecule has 2 amide bonds. The quantitative estimate of drug-likeness (QED) is 0.666. The van der Waals surface area contributed by atoms with Gasteiger partial charge in [-0.05, 0) is 77.5 Å². The maximum absolute atomic E-state index is 11.9. The summed E-state index contributed by atoms with van der Waals surface area (Å²) in [5, 5.41) is 5.38. The number of rotatable bonds is 4. The summed E-state index contributed by atoms with van der Waals surface area (Å²) in [6.45, 7) is 1.84. The summed E-state index contributed by atoms with van der Waals surface area (Å²) in [6, 6.07) is 12.7. The lowest BCUT2D eigenvalue weighted by Gasteiger charge is -2.09. The molecule has 0 fully saturated rings. The molecule has 0 aliphatic carbocycles. The van der Waals surface area contributed by atoms with Crippen molar-refractivity contribution < 1.29 is 9.59 Å². The Morgan fingerprint density at radius 3 is 2.45 bits per heavy atom. The van der Waals surface area contributed by atoms with Crippen LogP contribution in [0.15, 0.2) is 46.9 Å². The van der Waals surface area contributed by atoms with Crippen LogP contribution in [0, 0.1) is 10.5 Å². The number of aryl methyl sites for hydroxylation is 1. The van der Waals surface area contributed by atoms with Gasteiger partial charge in [0.1, 0.15) is 0 Å². The molecule has 2 rings (SSSR count). The maximum Gasteiger partial charge on any atom is 0.251 e. The molecule has 0 saturated carbocycles. The average Bonchev–Trinajstić information content (AvgIpc) is 2.48. The Hall–Kier alpha value is -1.41. The van der Waals surface area contributed by atoms with E-state index in [-0.39, 0.29) is 18.4 Å². The number of benzene rings is 2. The summed E-state index contributed by atoms with van der Waals surface area (Å²) in [6.07, 6.45) is 0. The van der Waals surface area contributed by atoms with Crippen LogP contribution in [0.3, 0.4) is 0 Å². The first-order valence-corrected chi connectivity index (χ1v) is 8.42. The molecule has 0 aromatic heterocycles. The summed E-state index contributed by atoms with van der Waals surface area (Å²) in [5.74, 6) is -0.525. The zero-order chi connectivity index (χ0) is 16.1. The third-order valence-electron chi connectivity index (χ3n) is 2.98. The second kappa shape index (κ2) is 7.73. The molecule has 0 saturated heterocycles. The number of nitrogens with one attached hydrogen (secondary N) is 2. The lowest BCUT2D eigenvalue weighted by molar-refractivity contribution is -0.115. The summed E-state index contributed by atoms with van der Waals surface area (Å²) < 4.78 is 2.01. The van der Waals surface area contributed by atoms with E-state index in [1.54, 1.807) is 12.1 Å². The van der Waals surface area contributed by atoms with Crippen molar-refractivity contribution in [2.24, 2.45) is 0 Å². The number of carbonyl (C=O) groups is 2. The van der Waals surface area contributed by atoms with Crippen molar-refractivity contribution in [2.75, 3.05) is 11.9 Å². The van der Waals surface area contributed by atoms with Crippen LogP contribution in [0.2, 0.25) is 0 Å². The maximum atomic E-state index is 11.9. The van der Waals surface area contributed by atoms with Gasteiger partial charge in [0.15, 0.2) is 0 Å². The zero-order valence-corrected chi connectivity index (χ0v) is 15.6. The minimum atomic E-state index is -0.265. The number of anilines is 1. The molecule has 22 heavy (non-hydrogen) atoms. The van der Waals surface area contributed by atoms with Gasteiger partial charge in [0.25, 0.3) is 5.91 Å². The van der Waals surface area contributed by atoms with Gasteiger partial charge in [-0.15, -0.1) is 0 Å². The van der Waals surface area contributed by atoms with Gasteiger partial charge in [0, 0.05) is 19.3 Å². The smallest absolute Gasteiger partial charge is 0.251 e. The third-order valence-corrected chi connectivity index (χ3v) is 4.19. The van der Waals surface area contributed by atoms with Crippen LogP contribution in [-0.4, -0.2) is 18.4 Å². The molecule has 2 N–H and O–H groups in total. The molecule has 0 aliphatic rings. The van der Waals surface area contributed by atoms with Crippen LogP contribution < -0.4 is 10.6 Å². The van der Waals surface area contributed by atoms with Crippen molar-refractivity contribution in [3.8, 4) is 0 Å². The molecule has 0 heterocycles. The van der Waals surface area contributed by atoms with Gasteiger partial charge in [-0.1, -0.05) is 15.9 Å². The van der Waals surface area contributed by atoms with E-state index in [1.165, 1.54) is 0 Å². The van der Waals surface area contributed by atoms with E-state index in [1.807, 2.05) is 37.3 Å². The fourth-order valence-corrected chi connectivity index (χ4v) is 2.66. The van der Waals surface area contributed by atoms with E-state index in [9.17, 15) is 9.59 Å². The number of carbonyl (C=O) groups excluding carboxylic acids is 2. The minimum absolute atomic E-state index is 0.0691. The molecule has 6 heteroatoms. The Bertz CT molecular complexity index is 702. The molecule has 0 atom stereocenters. The SMILES string of the molecule is Cc1cc(Br)ccc1NC(=O)CNC(=O)c1ccc(I)cc1. The number of amides is 2. The Labute approximate surface area is 151 Å². The Morgan fingerprint density at radius 2 is 1.82 bits per heavy atom. The van der Waals surface area contributed by atoms with Crippen LogP contribution in [0.25, 0.3) is 0 Å². The summed E-state index contributed by atoms with van der Waals surface area (Å²) >= 11 is 5.54. The van der Waals surface area contributed by atoms with E-state index in [0.717, 1.165) is 19.3 Å². The molecular formula is C16H14BrIN2O2. The largest absolute Gasteiger partial charge is 0.343 e. The normalized spacial score (nSPS) is 10.1. The minimum Gasteiger partial charge on any atom is -0.343 e. The van der Waals surface area contributed by atoms with Crippen LogP contribution in [0.5, 0.6) is 0 Å². The zero-order valence-electron chi connectivity index (χ0n) is 11.8. The van der Waals surface area contributed by atoms with Crippen molar-refractivity contribution in [1.82, 2.24) is 5.32 Å². The van der Waals surface area contributed by atoms with Gasteiger partial charge in [-0.3, -0.25) is 9.59 Å². The van der Waals surface area contributed by atoms with Crippen molar-refractivity contribution in [3.05, 3.63) is 61.6 Å². The van der Waals surface area contributed by atoms with E-state index >= 15 is 0 Å². The van der Waals surface area contributed by atoms with Gasteiger partial charge < -0.3 is 10.6 Å². The first kappa shape index (κ1) is 17.0. The van der Waals surface area contributed by atoms with Crippen molar-refractivity contribution in [2.45, 2.75) is 6.92 Å².